The van der Waals surface area contributed by atoms with Crippen molar-refractivity contribution in [1.82, 2.24) is 9.97 Å². The van der Waals surface area contributed by atoms with Crippen LogP contribution < -0.4 is 0 Å². The molecule has 0 saturated heterocycles. The third-order valence-electron chi connectivity index (χ3n) is 4.68. The second-order valence-electron chi connectivity index (χ2n) is 6.17. The predicted molar refractivity (Wildman–Crippen MR) is 96.6 cm³/mol. The molecule has 24 heavy (non-hydrogen) atoms. The first-order valence-electron chi connectivity index (χ1n) is 7.86. The molecule has 0 bridgehead atoms. The van der Waals surface area contributed by atoms with Gasteiger partial charge in [0.15, 0.2) is 0 Å². The highest BCUT2D eigenvalue weighted by Crippen LogP contribution is 2.43. The summed E-state index contributed by atoms with van der Waals surface area (Å²) in [5.41, 5.74) is 3.85. The first-order valence-corrected chi connectivity index (χ1v) is 9.01. The fourth-order valence-electron chi connectivity index (χ4n) is 3.68. The van der Waals surface area contributed by atoms with E-state index in [1.54, 1.807) is 0 Å². The summed E-state index contributed by atoms with van der Waals surface area (Å²) in [5.74, 6) is 0. The van der Waals surface area contributed by atoms with Gasteiger partial charge in [0.05, 0.1) is 26.3 Å². The van der Waals surface area contributed by atoms with Crippen LogP contribution in [0.1, 0.15) is 11.4 Å². The number of nitrogens with zero attached hydrogens (tertiary/aromatic N) is 2. The average Bonchev–Trinajstić information content (AvgIpc) is 2.59. The molecule has 2 aromatic carbocycles. The molecule has 0 aliphatic carbocycles. The summed E-state index contributed by atoms with van der Waals surface area (Å²) in [6.07, 6.45) is 1.84. The topological polar surface area (TPSA) is 42.9 Å². The Bertz CT molecular complexity index is 1200. The molecule has 3 heterocycles. The van der Waals surface area contributed by atoms with E-state index in [2.05, 4.69) is 16.0 Å². The summed E-state index contributed by atoms with van der Waals surface area (Å²) in [6, 6.07) is 14.0. The maximum atomic E-state index is 13.2. The van der Waals surface area contributed by atoms with E-state index >= 15 is 0 Å². The van der Waals surface area contributed by atoms with Crippen LogP contribution in [0.2, 0.25) is 0 Å². The van der Waals surface area contributed by atoms with Crippen molar-refractivity contribution in [1.29, 1.82) is 0 Å². The first-order chi connectivity index (χ1) is 11.6. The van der Waals surface area contributed by atoms with Gasteiger partial charge >= 0.3 is 0 Å². The Hall–Kier alpha value is -2.59. The van der Waals surface area contributed by atoms with E-state index in [4.69, 9.17) is 0 Å². The highest BCUT2D eigenvalue weighted by molar-refractivity contribution is 7.85. The third kappa shape index (κ3) is 1.69. The van der Waals surface area contributed by atoms with Crippen LogP contribution in [0.5, 0.6) is 0 Å². The third-order valence-corrected chi connectivity index (χ3v) is 6.16. The number of pyridine rings is 2. The van der Waals surface area contributed by atoms with Crippen LogP contribution in [-0.4, -0.2) is 14.2 Å². The van der Waals surface area contributed by atoms with E-state index in [0.717, 1.165) is 54.0 Å². The highest BCUT2D eigenvalue weighted by Gasteiger charge is 2.26. The SMILES string of the molecule is Cc1cc2c(cc3c4c(nccc42)-c2ccccc2S3=O)c(C)n1. The molecule has 0 radical (unpaired) electrons. The number of hydrogen-bond acceptors (Lipinski definition) is 3. The van der Waals surface area contributed by atoms with Crippen molar-refractivity contribution in [2.45, 2.75) is 23.6 Å². The van der Waals surface area contributed by atoms with Crippen LogP contribution in [-0.2, 0) is 10.8 Å². The van der Waals surface area contributed by atoms with E-state index < -0.39 is 10.8 Å². The van der Waals surface area contributed by atoms with Gasteiger partial charge in [-0.1, -0.05) is 18.2 Å². The summed E-state index contributed by atoms with van der Waals surface area (Å²) < 4.78 is 13.2. The van der Waals surface area contributed by atoms with Crippen molar-refractivity contribution in [2.24, 2.45) is 0 Å². The van der Waals surface area contributed by atoms with Gasteiger partial charge in [0.25, 0.3) is 0 Å². The van der Waals surface area contributed by atoms with Crippen molar-refractivity contribution in [2.75, 3.05) is 0 Å². The molecule has 1 atom stereocenters. The first kappa shape index (κ1) is 13.8. The molecule has 0 amide bonds. The number of rotatable bonds is 0. The minimum atomic E-state index is -1.20. The second-order valence-corrected chi connectivity index (χ2v) is 7.58. The Morgan fingerprint density at radius 2 is 1.75 bits per heavy atom. The van der Waals surface area contributed by atoms with Crippen molar-refractivity contribution in [3.05, 3.63) is 60.0 Å². The smallest absolute Gasteiger partial charge is 0.0863 e. The van der Waals surface area contributed by atoms with Crippen LogP contribution in [0.25, 0.3) is 32.8 Å². The molecule has 0 fully saturated rings. The lowest BCUT2D eigenvalue weighted by atomic mass is 9.97. The highest BCUT2D eigenvalue weighted by atomic mass is 32.2. The zero-order chi connectivity index (χ0) is 16.4. The molecule has 4 heteroatoms. The van der Waals surface area contributed by atoms with Crippen LogP contribution in [0.3, 0.4) is 0 Å². The Morgan fingerprint density at radius 3 is 2.62 bits per heavy atom. The Morgan fingerprint density at radius 1 is 0.917 bits per heavy atom. The van der Waals surface area contributed by atoms with Gasteiger partial charge in [-0.2, -0.15) is 0 Å². The van der Waals surface area contributed by atoms with Gasteiger partial charge < -0.3 is 0 Å². The summed E-state index contributed by atoms with van der Waals surface area (Å²) in [4.78, 5) is 10.9. The van der Waals surface area contributed by atoms with Crippen molar-refractivity contribution >= 4 is 32.3 Å². The quantitative estimate of drug-likeness (QED) is 0.391. The molecule has 1 aliphatic heterocycles. The van der Waals surface area contributed by atoms with E-state index in [9.17, 15) is 4.21 Å². The van der Waals surface area contributed by atoms with Gasteiger partial charge in [-0.15, -0.1) is 0 Å². The van der Waals surface area contributed by atoms with Crippen LogP contribution in [0.4, 0.5) is 0 Å². The normalized spacial score (nSPS) is 15.7. The number of hydrogen-bond donors (Lipinski definition) is 0. The molecule has 1 aliphatic rings. The van der Waals surface area contributed by atoms with Gasteiger partial charge in [0.2, 0.25) is 0 Å². The minimum absolute atomic E-state index is 0.835. The molecular formula is C20H14N2OS. The molecule has 0 N–H and O–H groups in total. The van der Waals surface area contributed by atoms with Gasteiger partial charge in [-0.3, -0.25) is 9.97 Å². The van der Waals surface area contributed by atoms with Crippen molar-refractivity contribution in [3.63, 3.8) is 0 Å². The van der Waals surface area contributed by atoms with Crippen molar-refractivity contribution < 1.29 is 4.21 Å². The number of fused-ring (bicyclic) bond motifs is 4. The Labute approximate surface area is 141 Å². The fraction of sp³-hybridized carbons (Fsp3) is 0.100. The summed E-state index contributed by atoms with van der Waals surface area (Å²) in [6.45, 7) is 4.02. The minimum Gasteiger partial charge on any atom is -0.258 e. The molecule has 5 rings (SSSR count). The zero-order valence-electron chi connectivity index (χ0n) is 13.3. The Balaban J connectivity index is 2.08. The maximum absolute atomic E-state index is 13.2. The van der Waals surface area contributed by atoms with Gasteiger partial charge in [-0.05, 0) is 48.9 Å². The lowest BCUT2D eigenvalue weighted by molar-refractivity contribution is 0.683. The van der Waals surface area contributed by atoms with Crippen LogP contribution >= 0.6 is 0 Å². The molecule has 116 valence electrons. The van der Waals surface area contributed by atoms with Crippen molar-refractivity contribution in [3.8, 4) is 11.3 Å². The number of benzene rings is 2. The van der Waals surface area contributed by atoms with Gasteiger partial charge in [0.1, 0.15) is 0 Å². The molecule has 0 spiro atoms. The zero-order valence-corrected chi connectivity index (χ0v) is 14.1. The van der Waals surface area contributed by atoms with Gasteiger partial charge in [0, 0.05) is 33.9 Å². The number of aromatic nitrogens is 2. The standard InChI is InChI=1S/C20H14N2OS/c1-11-9-16-13-7-8-21-20-14-5-3-4-6-17(14)24(23)18(19(13)20)10-15(16)12(2)22-11/h3-10H,1-2H3. The summed E-state index contributed by atoms with van der Waals surface area (Å²) >= 11 is 0. The molecule has 2 aromatic heterocycles. The fourth-order valence-corrected chi connectivity index (χ4v) is 5.10. The molecule has 1 unspecified atom stereocenters. The largest absolute Gasteiger partial charge is 0.258 e. The summed E-state index contributed by atoms with van der Waals surface area (Å²) in [5, 5.41) is 4.32. The van der Waals surface area contributed by atoms with Crippen LogP contribution in [0.15, 0.2) is 58.5 Å². The molecule has 0 saturated carbocycles. The number of aryl methyl sites for hydroxylation is 2. The van der Waals surface area contributed by atoms with E-state index in [-0.39, 0.29) is 0 Å². The van der Waals surface area contributed by atoms with E-state index in [1.165, 1.54) is 0 Å². The van der Waals surface area contributed by atoms with E-state index in [1.807, 2.05) is 56.4 Å². The molecular weight excluding hydrogens is 316 g/mol. The van der Waals surface area contributed by atoms with Crippen LogP contribution in [0, 0.1) is 13.8 Å². The Kier molecular flexibility index (Phi) is 2.71. The average molecular weight is 330 g/mol. The van der Waals surface area contributed by atoms with E-state index in [0.29, 0.717) is 0 Å². The monoisotopic (exact) mass is 330 g/mol. The second kappa shape index (κ2) is 4.71. The predicted octanol–water partition coefficient (Wildman–Crippen LogP) is 4.55. The lowest BCUT2D eigenvalue weighted by Crippen LogP contribution is -2.05. The molecule has 4 aromatic rings. The lowest BCUT2D eigenvalue weighted by Gasteiger charge is -2.20. The molecule has 3 nitrogen and oxygen atoms in total. The summed E-state index contributed by atoms with van der Waals surface area (Å²) in [7, 11) is -1.20. The maximum Gasteiger partial charge on any atom is 0.0863 e. The van der Waals surface area contributed by atoms with Gasteiger partial charge in [-0.25, -0.2) is 4.21 Å².